The monoisotopic (exact) mass is 172 g/mol. The van der Waals surface area contributed by atoms with Crippen molar-refractivity contribution in [2.75, 3.05) is 0 Å². The third-order valence-electron chi connectivity index (χ3n) is 1.58. The van der Waals surface area contributed by atoms with Crippen molar-refractivity contribution in [1.29, 1.82) is 0 Å². The van der Waals surface area contributed by atoms with E-state index in [9.17, 15) is 9.59 Å². The molecule has 0 aliphatic heterocycles. The van der Waals surface area contributed by atoms with E-state index in [1.54, 1.807) is 27.7 Å². The van der Waals surface area contributed by atoms with Crippen LogP contribution in [0, 0.1) is 5.92 Å². The van der Waals surface area contributed by atoms with E-state index in [1.807, 2.05) is 0 Å². The number of rotatable bonds is 3. The molecular weight excluding hydrogens is 156 g/mol. The molecule has 12 heavy (non-hydrogen) atoms. The Morgan fingerprint density at radius 3 is 2.00 bits per heavy atom. The van der Waals surface area contributed by atoms with Crippen LogP contribution in [-0.2, 0) is 9.59 Å². The lowest BCUT2D eigenvalue weighted by Crippen LogP contribution is -2.54. The molecule has 0 aliphatic carbocycles. The van der Waals surface area contributed by atoms with Crippen molar-refractivity contribution in [2.45, 2.75) is 33.2 Å². The minimum Gasteiger partial charge on any atom is -0.368 e. The summed E-state index contributed by atoms with van der Waals surface area (Å²) in [6, 6.07) is 0. The van der Waals surface area contributed by atoms with Gasteiger partial charge in [-0.25, -0.2) is 0 Å². The highest BCUT2D eigenvalue weighted by molar-refractivity contribution is 5.90. The van der Waals surface area contributed by atoms with E-state index in [0.29, 0.717) is 0 Å². The summed E-state index contributed by atoms with van der Waals surface area (Å²) >= 11 is 0. The van der Waals surface area contributed by atoms with E-state index in [2.05, 4.69) is 5.32 Å². The van der Waals surface area contributed by atoms with Crippen LogP contribution in [-0.4, -0.2) is 17.4 Å². The topological polar surface area (TPSA) is 72.2 Å². The molecule has 0 saturated carbocycles. The zero-order valence-electron chi connectivity index (χ0n) is 7.97. The predicted octanol–water partition coefficient (Wildman–Crippen LogP) is 0.0225. The molecule has 0 spiro atoms. The zero-order valence-corrected chi connectivity index (χ0v) is 7.97. The number of carbonyl (C=O) groups excluding carboxylic acids is 2. The Hall–Kier alpha value is -1.06. The fourth-order valence-corrected chi connectivity index (χ4v) is 0.514. The highest BCUT2D eigenvalue weighted by Gasteiger charge is 2.27. The first-order valence-electron chi connectivity index (χ1n) is 3.89. The Morgan fingerprint density at radius 1 is 1.33 bits per heavy atom. The van der Waals surface area contributed by atoms with Gasteiger partial charge in [-0.1, -0.05) is 13.8 Å². The SMILES string of the molecule is CC(C)C(=O)NC(C)(C)C(N)=O. The highest BCUT2D eigenvalue weighted by Crippen LogP contribution is 2.02. The molecule has 3 N–H and O–H groups in total. The summed E-state index contributed by atoms with van der Waals surface area (Å²) in [4.78, 5) is 21.9. The van der Waals surface area contributed by atoms with E-state index < -0.39 is 11.4 Å². The Morgan fingerprint density at radius 2 is 1.75 bits per heavy atom. The van der Waals surface area contributed by atoms with Crippen molar-refractivity contribution >= 4 is 11.8 Å². The minimum absolute atomic E-state index is 0.136. The Kier molecular flexibility index (Phi) is 3.24. The summed E-state index contributed by atoms with van der Waals surface area (Å²) in [6.45, 7) is 6.67. The van der Waals surface area contributed by atoms with Gasteiger partial charge in [-0.3, -0.25) is 9.59 Å². The van der Waals surface area contributed by atoms with E-state index in [1.165, 1.54) is 0 Å². The van der Waals surface area contributed by atoms with Gasteiger partial charge < -0.3 is 11.1 Å². The minimum atomic E-state index is -0.957. The fraction of sp³-hybridized carbons (Fsp3) is 0.750. The van der Waals surface area contributed by atoms with E-state index in [4.69, 9.17) is 5.73 Å². The van der Waals surface area contributed by atoms with Crippen molar-refractivity contribution in [2.24, 2.45) is 11.7 Å². The van der Waals surface area contributed by atoms with Gasteiger partial charge in [0.2, 0.25) is 11.8 Å². The lowest BCUT2D eigenvalue weighted by molar-refractivity contribution is -0.132. The first-order chi connectivity index (χ1) is 5.27. The molecular formula is C8H16N2O2. The molecule has 0 unspecified atom stereocenters. The molecule has 70 valence electrons. The molecule has 0 radical (unpaired) electrons. The van der Waals surface area contributed by atoms with Crippen LogP contribution in [0.4, 0.5) is 0 Å². The van der Waals surface area contributed by atoms with Gasteiger partial charge in [0.1, 0.15) is 5.54 Å². The summed E-state index contributed by atoms with van der Waals surface area (Å²) in [7, 11) is 0. The van der Waals surface area contributed by atoms with Crippen LogP contribution >= 0.6 is 0 Å². The smallest absolute Gasteiger partial charge is 0.242 e. The van der Waals surface area contributed by atoms with Gasteiger partial charge in [0.15, 0.2) is 0 Å². The molecule has 0 aliphatic rings. The van der Waals surface area contributed by atoms with Crippen LogP contribution in [0.15, 0.2) is 0 Å². The van der Waals surface area contributed by atoms with Gasteiger partial charge >= 0.3 is 0 Å². The maximum absolute atomic E-state index is 11.1. The summed E-state index contributed by atoms with van der Waals surface area (Å²) < 4.78 is 0. The van der Waals surface area contributed by atoms with Crippen LogP contribution in [0.2, 0.25) is 0 Å². The second-order valence-corrected chi connectivity index (χ2v) is 3.63. The summed E-state index contributed by atoms with van der Waals surface area (Å²) in [5.74, 6) is -0.834. The fourth-order valence-electron chi connectivity index (χ4n) is 0.514. The number of carbonyl (C=O) groups is 2. The molecule has 0 atom stereocenters. The van der Waals surface area contributed by atoms with E-state index in [0.717, 1.165) is 0 Å². The quantitative estimate of drug-likeness (QED) is 0.630. The van der Waals surface area contributed by atoms with Gasteiger partial charge in [0.05, 0.1) is 0 Å². The van der Waals surface area contributed by atoms with Crippen LogP contribution in [0.1, 0.15) is 27.7 Å². The summed E-state index contributed by atoms with van der Waals surface area (Å²) in [5, 5.41) is 2.54. The molecule has 0 fully saturated rings. The number of primary amides is 1. The van der Waals surface area contributed by atoms with Gasteiger partial charge in [-0.15, -0.1) is 0 Å². The number of nitrogens with one attached hydrogen (secondary N) is 1. The van der Waals surface area contributed by atoms with Crippen molar-refractivity contribution < 1.29 is 9.59 Å². The molecule has 0 aromatic carbocycles. The van der Waals surface area contributed by atoms with Crippen LogP contribution < -0.4 is 11.1 Å². The van der Waals surface area contributed by atoms with Crippen LogP contribution in [0.5, 0.6) is 0 Å². The first kappa shape index (κ1) is 10.9. The summed E-state index contributed by atoms with van der Waals surface area (Å²) in [5.41, 5.74) is 4.11. The van der Waals surface area contributed by atoms with Gasteiger partial charge in [-0.2, -0.15) is 0 Å². The van der Waals surface area contributed by atoms with Crippen molar-refractivity contribution in [1.82, 2.24) is 5.32 Å². The van der Waals surface area contributed by atoms with Crippen LogP contribution in [0.25, 0.3) is 0 Å². The Bertz CT molecular complexity index is 197. The number of hydrogen-bond donors (Lipinski definition) is 2. The maximum atomic E-state index is 11.1. The maximum Gasteiger partial charge on any atom is 0.242 e. The van der Waals surface area contributed by atoms with Gasteiger partial charge in [0.25, 0.3) is 0 Å². The average molecular weight is 172 g/mol. The molecule has 0 aromatic rings. The van der Waals surface area contributed by atoms with Crippen molar-refractivity contribution in [3.63, 3.8) is 0 Å². The molecule has 0 aromatic heterocycles. The normalized spacial score (nSPS) is 11.4. The standard InChI is InChI=1S/C8H16N2O2/c1-5(2)6(11)10-8(3,4)7(9)12/h5H,1-4H3,(H2,9,12)(H,10,11). The molecule has 4 heteroatoms. The second kappa shape index (κ2) is 3.56. The lowest BCUT2D eigenvalue weighted by atomic mass is 10.0. The highest BCUT2D eigenvalue weighted by atomic mass is 16.2. The first-order valence-corrected chi connectivity index (χ1v) is 3.89. The summed E-state index contributed by atoms with van der Waals surface area (Å²) in [6.07, 6.45) is 0. The van der Waals surface area contributed by atoms with Crippen molar-refractivity contribution in [3.05, 3.63) is 0 Å². The third-order valence-corrected chi connectivity index (χ3v) is 1.58. The molecule has 4 nitrogen and oxygen atoms in total. The number of nitrogens with two attached hydrogens (primary N) is 1. The number of amides is 2. The second-order valence-electron chi connectivity index (χ2n) is 3.63. The molecule has 0 rings (SSSR count). The van der Waals surface area contributed by atoms with Crippen LogP contribution in [0.3, 0.4) is 0 Å². The number of hydrogen-bond acceptors (Lipinski definition) is 2. The molecule has 0 bridgehead atoms. The zero-order chi connectivity index (χ0) is 9.94. The predicted molar refractivity (Wildman–Crippen MR) is 46.3 cm³/mol. The largest absolute Gasteiger partial charge is 0.368 e. The molecule has 0 heterocycles. The Labute approximate surface area is 72.5 Å². The molecule has 0 saturated heterocycles. The van der Waals surface area contributed by atoms with Gasteiger partial charge in [-0.05, 0) is 13.8 Å². The van der Waals surface area contributed by atoms with Gasteiger partial charge in [0, 0.05) is 5.92 Å². The lowest BCUT2D eigenvalue weighted by Gasteiger charge is -2.23. The molecule has 2 amide bonds. The Balaban J connectivity index is 4.25. The average Bonchev–Trinajstić information content (AvgIpc) is 1.85. The third kappa shape index (κ3) is 2.90. The van der Waals surface area contributed by atoms with Crippen molar-refractivity contribution in [3.8, 4) is 0 Å². The van der Waals surface area contributed by atoms with E-state index in [-0.39, 0.29) is 11.8 Å². The van der Waals surface area contributed by atoms with E-state index >= 15 is 0 Å².